The van der Waals surface area contributed by atoms with Crippen LogP contribution in [0.4, 0.5) is 0 Å². The Labute approximate surface area is 115 Å². The van der Waals surface area contributed by atoms with E-state index in [4.69, 9.17) is 5.11 Å². The Balaban J connectivity index is 1.90. The van der Waals surface area contributed by atoms with Gasteiger partial charge in [0.15, 0.2) is 5.65 Å². The van der Waals surface area contributed by atoms with Crippen LogP contribution in [0.1, 0.15) is 35.4 Å². The van der Waals surface area contributed by atoms with E-state index in [0.717, 1.165) is 5.82 Å². The van der Waals surface area contributed by atoms with Gasteiger partial charge in [-0.2, -0.15) is 0 Å². The third kappa shape index (κ3) is 3.31. The molecule has 7 nitrogen and oxygen atoms in total. The summed E-state index contributed by atoms with van der Waals surface area (Å²) >= 11 is 0. The minimum Gasteiger partial charge on any atom is -0.481 e. The molecular weight excluding hydrogens is 260 g/mol. The Morgan fingerprint density at radius 3 is 2.85 bits per heavy atom. The molecule has 1 amide bonds. The molecule has 0 atom stereocenters. The molecule has 106 valence electrons. The van der Waals surface area contributed by atoms with Crippen LogP contribution in [0.2, 0.25) is 0 Å². The third-order valence-electron chi connectivity index (χ3n) is 2.94. The van der Waals surface area contributed by atoms with E-state index in [1.807, 2.05) is 6.92 Å². The summed E-state index contributed by atoms with van der Waals surface area (Å²) in [5.74, 6) is -0.281. The van der Waals surface area contributed by atoms with E-state index >= 15 is 0 Å². The molecule has 2 rings (SSSR count). The van der Waals surface area contributed by atoms with Gasteiger partial charge in [0, 0.05) is 19.2 Å². The zero-order chi connectivity index (χ0) is 14.5. The number of rotatable bonds is 6. The predicted molar refractivity (Wildman–Crippen MR) is 71.5 cm³/mol. The van der Waals surface area contributed by atoms with Crippen molar-refractivity contribution in [3.8, 4) is 0 Å². The highest BCUT2D eigenvalue weighted by Crippen LogP contribution is 2.06. The summed E-state index contributed by atoms with van der Waals surface area (Å²) in [6.45, 7) is 2.28. The fourth-order valence-electron chi connectivity index (χ4n) is 1.84. The second-order valence-corrected chi connectivity index (χ2v) is 4.50. The number of carboxylic acids is 1. The molecule has 0 aliphatic heterocycles. The lowest BCUT2D eigenvalue weighted by Gasteiger charge is -2.05. The number of aromatic nitrogens is 3. The van der Waals surface area contributed by atoms with Gasteiger partial charge in [-0.15, -0.1) is 10.2 Å². The second-order valence-electron chi connectivity index (χ2n) is 4.50. The van der Waals surface area contributed by atoms with Gasteiger partial charge in [-0.05, 0) is 31.9 Å². The quantitative estimate of drug-likeness (QED) is 0.768. The summed E-state index contributed by atoms with van der Waals surface area (Å²) in [7, 11) is 0. The lowest BCUT2D eigenvalue weighted by Crippen LogP contribution is -2.24. The Bertz CT molecular complexity index is 636. The number of carbonyl (C=O) groups is 2. The normalized spacial score (nSPS) is 10.7. The van der Waals surface area contributed by atoms with Crippen molar-refractivity contribution in [2.75, 3.05) is 6.54 Å². The standard InChI is InChI=1S/C13H16N4O3/c1-9-15-16-11-6-5-10(8-17(9)11)13(20)14-7-3-2-4-12(18)19/h5-6,8H,2-4,7H2,1H3,(H,14,20)(H,18,19). The topological polar surface area (TPSA) is 96.6 Å². The summed E-state index contributed by atoms with van der Waals surface area (Å²) in [5.41, 5.74) is 1.22. The number of carboxylic acid groups (broad SMARTS) is 1. The smallest absolute Gasteiger partial charge is 0.303 e. The number of aryl methyl sites for hydroxylation is 1. The van der Waals surface area contributed by atoms with E-state index in [1.165, 1.54) is 0 Å². The molecule has 2 aromatic heterocycles. The van der Waals surface area contributed by atoms with Crippen molar-refractivity contribution in [3.05, 3.63) is 29.7 Å². The molecule has 0 saturated heterocycles. The van der Waals surface area contributed by atoms with Crippen molar-refractivity contribution < 1.29 is 14.7 Å². The van der Waals surface area contributed by atoms with E-state index in [9.17, 15) is 9.59 Å². The van der Waals surface area contributed by atoms with Gasteiger partial charge < -0.3 is 10.4 Å². The fraction of sp³-hybridized carbons (Fsp3) is 0.385. The lowest BCUT2D eigenvalue weighted by molar-refractivity contribution is -0.137. The molecule has 0 aliphatic carbocycles. The second kappa shape index (κ2) is 6.14. The molecular formula is C13H16N4O3. The summed E-state index contributed by atoms with van der Waals surface area (Å²) in [5, 5.41) is 19.1. The molecule has 7 heteroatoms. The molecule has 0 fully saturated rings. The van der Waals surface area contributed by atoms with E-state index in [-0.39, 0.29) is 12.3 Å². The molecule has 0 aliphatic rings. The van der Waals surface area contributed by atoms with E-state index in [0.29, 0.717) is 30.6 Å². The number of pyridine rings is 1. The van der Waals surface area contributed by atoms with Gasteiger partial charge in [0.05, 0.1) is 5.56 Å². The first-order valence-corrected chi connectivity index (χ1v) is 6.39. The highest BCUT2D eigenvalue weighted by Gasteiger charge is 2.08. The lowest BCUT2D eigenvalue weighted by atomic mass is 10.2. The van der Waals surface area contributed by atoms with Gasteiger partial charge in [0.2, 0.25) is 0 Å². The summed E-state index contributed by atoms with van der Waals surface area (Å²) < 4.78 is 1.75. The van der Waals surface area contributed by atoms with E-state index in [1.54, 1.807) is 22.7 Å². The van der Waals surface area contributed by atoms with Gasteiger partial charge in [0.25, 0.3) is 5.91 Å². The number of hydrogen-bond acceptors (Lipinski definition) is 4. The number of nitrogens with zero attached hydrogens (tertiary/aromatic N) is 3. The maximum Gasteiger partial charge on any atom is 0.303 e. The zero-order valence-corrected chi connectivity index (χ0v) is 11.2. The Morgan fingerprint density at radius 2 is 2.10 bits per heavy atom. The zero-order valence-electron chi connectivity index (χ0n) is 11.2. The molecule has 0 unspecified atom stereocenters. The SMILES string of the molecule is Cc1nnc2ccc(C(=O)NCCCCC(=O)O)cn12. The molecule has 0 bridgehead atoms. The van der Waals surface area contributed by atoms with Crippen molar-refractivity contribution >= 4 is 17.5 Å². The maximum atomic E-state index is 11.9. The molecule has 20 heavy (non-hydrogen) atoms. The average molecular weight is 276 g/mol. The summed E-state index contributed by atoms with van der Waals surface area (Å²) in [4.78, 5) is 22.3. The van der Waals surface area contributed by atoms with Crippen LogP contribution in [-0.2, 0) is 4.79 Å². The van der Waals surface area contributed by atoms with Crippen LogP contribution in [0.15, 0.2) is 18.3 Å². The minimum atomic E-state index is -0.815. The number of carbonyl (C=O) groups excluding carboxylic acids is 1. The first kappa shape index (κ1) is 14.0. The average Bonchev–Trinajstić information content (AvgIpc) is 2.79. The largest absolute Gasteiger partial charge is 0.481 e. The number of amides is 1. The minimum absolute atomic E-state index is 0.127. The number of fused-ring (bicyclic) bond motifs is 1. The Morgan fingerprint density at radius 1 is 1.30 bits per heavy atom. The van der Waals surface area contributed by atoms with Gasteiger partial charge in [-0.3, -0.25) is 14.0 Å². The molecule has 0 spiro atoms. The van der Waals surface area contributed by atoms with Gasteiger partial charge >= 0.3 is 5.97 Å². The van der Waals surface area contributed by atoms with Crippen molar-refractivity contribution in [1.29, 1.82) is 0 Å². The summed E-state index contributed by atoms with van der Waals surface area (Å²) in [6.07, 6.45) is 3.02. The van der Waals surface area contributed by atoms with Crippen LogP contribution in [0.5, 0.6) is 0 Å². The summed E-state index contributed by atoms with van der Waals surface area (Å²) in [6, 6.07) is 3.43. The number of unbranched alkanes of at least 4 members (excludes halogenated alkanes) is 1. The van der Waals surface area contributed by atoms with Crippen LogP contribution in [0.3, 0.4) is 0 Å². The monoisotopic (exact) mass is 276 g/mol. The fourth-order valence-corrected chi connectivity index (χ4v) is 1.84. The van der Waals surface area contributed by atoms with Crippen LogP contribution >= 0.6 is 0 Å². The van der Waals surface area contributed by atoms with E-state index < -0.39 is 5.97 Å². The Hall–Kier alpha value is -2.44. The Kier molecular flexibility index (Phi) is 4.29. The van der Waals surface area contributed by atoms with Crippen molar-refractivity contribution in [2.24, 2.45) is 0 Å². The first-order valence-electron chi connectivity index (χ1n) is 6.39. The molecule has 2 heterocycles. The molecule has 0 saturated carbocycles. The van der Waals surface area contributed by atoms with Crippen LogP contribution in [0.25, 0.3) is 5.65 Å². The molecule has 0 aromatic carbocycles. The third-order valence-corrected chi connectivity index (χ3v) is 2.94. The van der Waals surface area contributed by atoms with Crippen molar-refractivity contribution in [3.63, 3.8) is 0 Å². The number of nitrogens with one attached hydrogen (secondary N) is 1. The number of hydrogen-bond donors (Lipinski definition) is 2. The molecule has 2 aromatic rings. The van der Waals surface area contributed by atoms with Crippen LogP contribution in [-0.4, -0.2) is 38.1 Å². The highest BCUT2D eigenvalue weighted by atomic mass is 16.4. The van der Waals surface area contributed by atoms with Gasteiger partial charge in [0.1, 0.15) is 5.82 Å². The predicted octanol–water partition coefficient (Wildman–Crippen LogP) is 1.02. The molecule has 0 radical (unpaired) electrons. The number of aliphatic carboxylic acids is 1. The van der Waals surface area contributed by atoms with Gasteiger partial charge in [-0.1, -0.05) is 0 Å². The van der Waals surface area contributed by atoms with Crippen molar-refractivity contribution in [1.82, 2.24) is 19.9 Å². The van der Waals surface area contributed by atoms with E-state index in [2.05, 4.69) is 15.5 Å². The van der Waals surface area contributed by atoms with Crippen LogP contribution in [0, 0.1) is 6.92 Å². The highest BCUT2D eigenvalue weighted by molar-refractivity contribution is 5.94. The van der Waals surface area contributed by atoms with Crippen LogP contribution < -0.4 is 5.32 Å². The van der Waals surface area contributed by atoms with Crippen molar-refractivity contribution in [2.45, 2.75) is 26.2 Å². The first-order chi connectivity index (χ1) is 9.58. The van der Waals surface area contributed by atoms with Gasteiger partial charge in [-0.25, -0.2) is 0 Å². The molecule has 2 N–H and O–H groups in total. The maximum absolute atomic E-state index is 11.9.